The number of nitrogens with zero attached hydrogens (tertiary/aromatic N) is 1. The number of nitrogens with one attached hydrogen (secondary N) is 1. The molecule has 0 spiro atoms. The standard InChI is InChI=1S/C17H32N2O/c1-6-7-14-16(20)19(15(18-14)10-12(2)3)11-17(8-9-17)13(4)5/h12-15,18H,6-11H2,1-5H3. The molecule has 1 aliphatic carbocycles. The van der Waals surface area contributed by atoms with Crippen molar-refractivity contribution in [3.63, 3.8) is 0 Å². The van der Waals surface area contributed by atoms with Gasteiger partial charge in [0.25, 0.3) is 0 Å². The number of amides is 1. The summed E-state index contributed by atoms with van der Waals surface area (Å²) in [5, 5.41) is 3.59. The Kier molecular flexibility index (Phi) is 4.78. The van der Waals surface area contributed by atoms with E-state index in [-0.39, 0.29) is 12.2 Å². The van der Waals surface area contributed by atoms with Crippen LogP contribution in [0.2, 0.25) is 0 Å². The van der Waals surface area contributed by atoms with Crippen molar-refractivity contribution < 1.29 is 4.79 Å². The number of carbonyl (C=O) groups excluding carboxylic acids is 1. The molecule has 3 nitrogen and oxygen atoms in total. The van der Waals surface area contributed by atoms with Crippen molar-refractivity contribution >= 4 is 5.91 Å². The van der Waals surface area contributed by atoms with Crippen molar-refractivity contribution in [3.8, 4) is 0 Å². The molecule has 0 aromatic rings. The van der Waals surface area contributed by atoms with E-state index in [1.165, 1.54) is 12.8 Å². The lowest BCUT2D eigenvalue weighted by molar-refractivity contribution is -0.131. The molecule has 20 heavy (non-hydrogen) atoms. The third-order valence-electron chi connectivity index (χ3n) is 5.23. The van der Waals surface area contributed by atoms with Crippen LogP contribution in [-0.4, -0.2) is 29.6 Å². The Bertz CT molecular complexity index is 347. The van der Waals surface area contributed by atoms with Crippen molar-refractivity contribution in [1.29, 1.82) is 0 Å². The van der Waals surface area contributed by atoms with E-state index in [2.05, 4.69) is 44.8 Å². The van der Waals surface area contributed by atoms with E-state index in [4.69, 9.17) is 0 Å². The number of rotatable bonds is 7. The van der Waals surface area contributed by atoms with Gasteiger partial charge in [0.05, 0.1) is 12.2 Å². The maximum atomic E-state index is 12.7. The fourth-order valence-electron chi connectivity index (χ4n) is 3.49. The molecule has 2 unspecified atom stereocenters. The second kappa shape index (κ2) is 6.05. The van der Waals surface area contributed by atoms with Crippen LogP contribution in [0.4, 0.5) is 0 Å². The molecular weight excluding hydrogens is 248 g/mol. The van der Waals surface area contributed by atoms with Crippen LogP contribution < -0.4 is 5.32 Å². The van der Waals surface area contributed by atoms with Crippen LogP contribution in [0.25, 0.3) is 0 Å². The average molecular weight is 280 g/mol. The summed E-state index contributed by atoms with van der Waals surface area (Å²) in [5.41, 5.74) is 0.410. The summed E-state index contributed by atoms with van der Waals surface area (Å²) in [7, 11) is 0. The lowest BCUT2D eigenvalue weighted by Crippen LogP contribution is -2.42. The molecule has 0 bridgehead atoms. The summed E-state index contributed by atoms with van der Waals surface area (Å²) in [6, 6.07) is 0.0618. The summed E-state index contributed by atoms with van der Waals surface area (Å²) in [6.07, 6.45) is 5.96. The molecule has 116 valence electrons. The smallest absolute Gasteiger partial charge is 0.241 e. The van der Waals surface area contributed by atoms with Crippen LogP contribution in [0.3, 0.4) is 0 Å². The first kappa shape index (κ1) is 15.8. The Morgan fingerprint density at radius 1 is 1.30 bits per heavy atom. The van der Waals surface area contributed by atoms with Gasteiger partial charge in [0.15, 0.2) is 0 Å². The molecule has 1 saturated carbocycles. The lowest BCUT2D eigenvalue weighted by atomic mass is 9.91. The first-order valence-corrected chi connectivity index (χ1v) is 8.46. The van der Waals surface area contributed by atoms with E-state index in [0.29, 0.717) is 23.2 Å². The summed E-state index contributed by atoms with van der Waals surface area (Å²) < 4.78 is 0. The molecule has 2 rings (SSSR count). The SMILES string of the molecule is CCCC1NC(CC(C)C)N(CC2(C(C)C)CC2)C1=O. The van der Waals surface area contributed by atoms with Crippen LogP contribution >= 0.6 is 0 Å². The minimum absolute atomic E-state index is 0.0618. The van der Waals surface area contributed by atoms with E-state index in [1.807, 2.05) is 0 Å². The van der Waals surface area contributed by atoms with Gasteiger partial charge in [-0.1, -0.05) is 41.0 Å². The average Bonchev–Trinajstić information content (AvgIpc) is 3.09. The van der Waals surface area contributed by atoms with E-state index in [1.54, 1.807) is 0 Å². The molecule has 3 heteroatoms. The third kappa shape index (κ3) is 3.19. The van der Waals surface area contributed by atoms with Crippen molar-refractivity contribution in [1.82, 2.24) is 10.2 Å². The van der Waals surface area contributed by atoms with Gasteiger partial charge in [-0.2, -0.15) is 0 Å². The Morgan fingerprint density at radius 3 is 2.40 bits per heavy atom. The zero-order valence-electron chi connectivity index (χ0n) is 13.9. The first-order valence-electron chi connectivity index (χ1n) is 8.46. The second-order valence-electron chi connectivity index (χ2n) is 7.64. The van der Waals surface area contributed by atoms with Gasteiger partial charge in [0, 0.05) is 6.54 Å². The Balaban J connectivity index is 2.07. The fraction of sp³-hybridized carbons (Fsp3) is 0.941. The molecule has 1 N–H and O–H groups in total. The highest BCUT2D eigenvalue weighted by Crippen LogP contribution is 2.52. The van der Waals surface area contributed by atoms with Crippen LogP contribution in [-0.2, 0) is 4.79 Å². The molecule has 0 radical (unpaired) electrons. The molecule has 2 fully saturated rings. The van der Waals surface area contributed by atoms with Gasteiger partial charge >= 0.3 is 0 Å². The summed E-state index contributed by atoms with van der Waals surface area (Å²) in [4.78, 5) is 14.9. The van der Waals surface area contributed by atoms with Crippen molar-refractivity contribution in [3.05, 3.63) is 0 Å². The zero-order chi connectivity index (χ0) is 14.9. The highest BCUT2D eigenvalue weighted by Gasteiger charge is 2.50. The second-order valence-corrected chi connectivity index (χ2v) is 7.64. The van der Waals surface area contributed by atoms with Crippen LogP contribution in [0, 0.1) is 17.3 Å². The minimum Gasteiger partial charge on any atom is -0.325 e. The molecule has 2 atom stereocenters. The van der Waals surface area contributed by atoms with Crippen molar-refractivity contribution in [2.75, 3.05) is 6.54 Å². The number of hydrogen-bond acceptors (Lipinski definition) is 2. The number of carbonyl (C=O) groups is 1. The minimum atomic E-state index is 0.0618. The summed E-state index contributed by atoms with van der Waals surface area (Å²) in [6.45, 7) is 12.2. The quantitative estimate of drug-likeness (QED) is 0.775. The van der Waals surface area contributed by atoms with Gasteiger partial charge < -0.3 is 4.90 Å². The molecule has 0 aromatic heterocycles. The normalized spacial score (nSPS) is 28.8. The Labute approximate surface area is 124 Å². The van der Waals surface area contributed by atoms with Gasteiger partial charge in [-0.3, -0.25) is 10.1 Å². The highest BCUT2D eigenvalue weighted by atomic mass is 16.2. The van der Waals surface area contributed by atoms with Gasteiger partial charge in [0.1, 0.15) is 0 Å². The van der Waals surface area contributed by atoms with Crippen LogP contribution in [0.15, 0.2) is 0 Å². The number of hydrogen-bond donors (Lipinski definition) is 1. The van der Waals surface area contributed by atoms with E-state index in [9.17, 15) is 4.79 Å². The fourth-order valence-corrected chi connectivity index (χ4v) is 3.49. The molecule has 1 saturated heterocycles. The summed E-state index contributed by atoms with van der Waals surface area (Å²) >= 11 is 0. The topological polar surface area (TPSA) is 32.3 Å². The highest BCUT2D eigenvalue weighted by molar-refractivity contribution is 5.84. The zero-order valence-corrected chi connectivity index (χ0v) is 13.9. The van der Waals surface area contributed by atoms with Crippen molar-refractivity contribution in [2.24, 2.45) is 17.3 Å². The Morgan fingerprint density at radius 2 is 1.95 bits per heavy atom. The maximum absolute atomic E-state index is 12.7. The predicted octanol–water partition coefficient (Wildman–Crippen LogP) is 3.40. The lowest BCUT2D eigenvalue weighted by Gasteiger charge is -2.31. The molecule has 1 amide bonds. The van der Waals surface area contributed by atoms with E-state index >= 15 is 0 Å². The first-order chi connectivity index (χ1) is 9.39. The van der Waals surface area contributed by atoms with Gasteiger partial charge in [-0.15, -0.1) is 0 Å². The monoisotopic (exact) mass is 280 g/mol. The maximum Gasteiger partial charge on any atom is 0.241 e. The molecule has 2 aliphatic rings. The molecule has 1 aliphatic heterocycles. The summed E-state index contributed by atoms with van der Waals surface area (Å²) in [5.74, 6) is 1.65. The third-order valence-corrected chi connectivity index (χ3v) is 5.23. The van der Waals surface area contributed by atoms with E-state index in [0.717, 1.165) is 25.8 Å². The van der Waals surface area contributed by atoms with Crippen LogP contribution in [0.5, 0.6) is 0 Å². The largest absolute Gasteiger partial charge is 0.325 e. The van der Waals surface area contributed by atoms with E-state index < -0.39 is 0 Å². The van der Waals surface area contributed by atoms with Gasteiger partial charge in [0.2, 0.25) is 5.91 Å². The Hall–Kier alpha value is -0.570. The van der Waals surface area contributed by atoms with Gasteiger partial charge in [-0.05, 0) is 42.9 Å². The predicted molar refractivity (Wildman–Crippen MR) is 83.3 cm³/mol. The van der Waals surface area contributed by atoms with Gasteiger partial charge in [-0.25, -0.2) is 0 Å². The van der Waals surface area contributed by atoms with Crippen molar-refractivity contribution in [2.45, 2.75) is 78.9 Å². The van der Waals surface area contributed by atoms with Crippen LogP contribution in [0.1, 0.15) is 66.7 Å². The molecule has 0 aromatic carbocycles. The molecule has 1 heterocycles. The molecular formula is C17H32N2O.